The van der Waals surface area contributed by atoms with Crippen LogP contribution in [0.25, 0.3) is 0 Å². The van der Waals surface area contributed by atoms with Gasteiger partial charge in [0, 0.05) is 51.4 Å². The first-order valence-electron chi connectivity index (χ1n) is 0. The number of rotatable bonds is 0. The van der Waals surface area contributed by atoms with Crippen molar-refractivity contribution in [3.63, 3.8) is 0 Å². The molecule has 0 saturated carbocycles. The van der Waals surface area contributed by atoms with Gasteiger partial charge < -0.3 is 37.2 Å². The van der Waals surface area contributed by atoms with Crippen LogP contribution in [0.5, 0.6) is 0 Å². The van der Waals surface area contributed by atoms with Crippen molar-refractivity contribution in [1.82, 2.24) is 0 Å². The van der Waals surface area contributed by atoms with E-state index in [1.807, 2.05) is 0 Å². The van der Waals surface area contributed by atoms with Gasteiger partial charge in [0.2, 0.25) is 0 Å². The Morgan fingerprint density at radius 3 is 0.600 bits per heavy atom. The summed E-state index contributed by atoms with van der Waals surface area (Å²) in [6.07, 6.45) is 0. The first-order chi connectivity index (χ1) is 0. The van der Waals surface area contributed by atoms with E-state index in [-0.39, 0.29) is 106 Å². The topological polar surface area (TPSA) is 0 Å². The van der Waals surface area contributed by atoms with Crippen LogP contribution >= 0.6 is 0 Å². The maximum atomic E-state index is 0. The van der Waals surface area contributed by atoms with Crippen LogP contribution in [0.1, 0.15) is 0 Å². The van der Waals surface area contributed by atoms with Crippen LogP contribution in [0.4, 0.5) is 0 Å². The van der Waals surface area contributed by atoms with Crippen molar-refractivity contribution in [2.45, 2.75) is 0 Å². The molecular weight excluding hydrogens is 201 g/mol. The average molecular weight is 201 g/mol. The molecule has 0 saturated heterocycles. The summed E-state index contributed by atoms with van der Waals surface area (Å²) in [6, 6.07) is 0. The second-order valence-corrected chi connectivity index (χ2v) is 0. The van der Waals surface area contributed by atoms with Gasteiger partial charge >= 0.3 is 17.1 Å². The quantitative estimate of drug-likeness (QED) is 0.342. The summed E-state index contributed by atoms with van der Waals surface area (Å²) in [4.78, 5) is 0. The van der Waals surface area contributed by atoms with Gasteiger partial charge in [-0.25, -0.2) is 0 Å². The van der Waals surface area contributed by atoms with Gasteiger partial charge in [-0.15, -0.1) is 0 Å². The predicted molar refractivity (Wildman–Crippen MR) is 5.75 cm³/mol. The molecule has 0 unspecified atom stereocenters. The summed E-state index contributed by atoms with van der Waals surface area (Å²) in [6.45, 7) is 0. The minimum absolute atomic E-state index is 0. The molecule has 0 amide bonds. The minimum atomic E-state index is 0. The summed E-state index contributed by atoms with van der Waals surface area (Å²) < 4.78 is 0. The second-order valence-electron chi connectivity index (χ2n) is 0. The fourth-order valence-corrected chi connectivity index (χ4v) is 0. The molecule has 0 aromatic rings. The molecule has 0 heterocycles. The molecule has 0 rings (SSSR count). The maximum Gasteiger partial charge on any atom is 3.00 e. The van der Waals surface area contributed by atoms with Gasteiger partial charge in [0.1, 0.15) is 0 Å². The van der Waals surface area contributed by atoms with Crippen molar-refractivity contribution in [3.05, 3.63) is 0 Å². The molecule has 0 spiro atoms. The largest absolute Gasteiger partial charge is 3.00 e. The van der Waals surface area contributed by atoms with Crippen molar-refractivity contribution in [1.29, 1.82) is 0 Å². The number of hydrogen-bond acceptors (Lipinski definition) is 0. The van der Waals surface area contributed by atoms with E-state index < -0.39 is 0 Å². The molecule has 5 heavy (non-hydrogen) atoms. The first kappa shape index (κ1) is 43.3. The Balaban J connectivity index is 0. The molecule has 30 valence electrons. The van der Waals surface area contributed by atoms with E-state index in [9.17, 15) is 0 Å². The SMILES string of the molecule is [Cl-].[Cl-].[Cl-].[Fe+3].[K]. The molecular formula is Cl3FeK. The van der Waals surface area contributed by atoms with E-state index in [4.69, 9.17) is 0 Å². The van der Waals surface area contributed by atoms with E-state index in [1.165, 1.54) is 0 Å². The molecule has 0 aromatic heterocycles. The molecule has 0 aliphatic heterocycles. The van der Waals surface area contributed by atoms with Crippen molar-refractivity contribution < 1.29 is 54.3 Å². The number of hydrogen-bond donors (Lipinski definition) is 0. The summed E-state index contributed by atoms with van der Waals surface area (Å²) >= 11 is 0. The van der Waals surface area contributed by atoms with E-state index in [1.54, 1.807) is 0 Å². The molecule has 0 nitrogen and oxygen atoms in total. The minimum Gasteiger partial charge on any atom is -1.00 e. The Kier molecular flexibility index (Phi) is 241. The zero-order valence-electron chi connectivity index (χ0n) is 2.49. The van der Waals surface area contributed by atoms with Crippen molar-refractivity contribution in [2.75, 3.05) is 0 Å². The van der Waals surface area contributed by atoms with Gasteiger partial charge in [-0.1, -0.05) is 0 Å². The Morgan fingerprint density at radius 2 is 0.600 bits per heavy atom. The fraction of sp³-hybridized carbons (Fsp3) is 0. The number of halogens is 3. The molecule has 0 atom stereocenters. The molecule has 2 radical (unpaired) electrons. The van der Waals surface area contributed by atoms with Crippen LogP contribution in [0.2, 0.25) is 0 Å². The van der Waals surface area contributed by atoms with Gasteiger partial charge in [-0.05, 0) is 0 Å². The van der Waals surface area contributed by atoms with Crippen molar-refractivity contribution in [3.8, 4) is 0 Å². The maximum absolute atomic E-state index is 0. The third-order valence-electron chi connectivity index (χ3n) is 0. The van der Waals surface area contributed by atoms with E-state index in [0.29, 0.717) is 0 Å². The van der Waals surface area contributed by atoms with Gasteiger partial charge in [-0.2, -0.15) is 0 Å². The van der Waals surface area contributed by atoms with Crippen LogP contribution in [-0.4, -0.2) is 51.4 Å². The van der Waals surface area contributed by atoms with Crippen molar-refractivity contribution in [2.24, 2.45) is 0 Å². The second kappa shape index (κ2) is 27.9. The molecule has 0 aliphatic rings. The standard InChI is InChI=1S/3ClH.Fe.K/h3*1H;;/q;;;+3;/p-3. The van der Waals surface area contributed by atoms with Gasteiger partial charge in [0.15, 0.2) is 0 Å². The molecule has 0 aromatic carbocycles. The summed E-state index contributed by atoms with van der Waals surface area (Å²) in [7, 11) is 0. The van der Waals surface area contributed by atoms with Crippen LogP contribution in [0.3, 0.4) is 0 Å². The van der Waals surface area contributed by atoms with Crippen LogP contribution in [0, 0.1) is 0 Å². The van der Waals surface area contributed by atoms with E-state index in [0.717, 1.165) is 0 Å². The van der Waals surface area contributed by atoms with E-state index in [2.05, 4.69) is 0 Å². The Bertz CT molecular complexity index is 6.85. The zero-order valence-corrected chi connectivity index (χ0v) is 8.98. The molecule has 5 heteroatoms. The molecule has 0 fully saturated rings. The van der Waals surface area contributed by atoms with Gasteiger partial charge in [-0.3, -0.25) is 0 Å². The summed E-state index contributed by atoms with van der Waals surface area (Å²) in [5.74, 6) is 0. The van der Waals surface area contributed by atoms with Gasteiger partial charge in [0.25, 0.3) is 0 Å². The Hall–Kier alpha value is 3.03. The summed E-state index contributed by atoms with van der Waals surface area (Å²) in [5, 5.41) is 0. The van der Waals surface area contributed by atoms with E-state index >= 15 is 0 Å². The monoisotopic (exact) mass is 200 g/mol. The molecule has 0 aliphatic carbocycles. The zero-order chi connectivity index (χ0) is 0. The third kappa shape index (κ3) is 19.4. The smallest absolute Gasteiger partial charge is 1.00 e. The third-order valence-corrected chi connectivity index (χ3v) is 0. The Labute approximate surface area is 103 Å². The fourth-order valence-electron chi connectivity index (χ4n) is 0. The molecule has 0 N–H and O–H groups in total. The van der Waals surface area contributed by atoms with Crippen LogP contribution in [-0.2, 0) is 17.1 Å². The molecule has 0 bridgehead atoms. The Morgan fingerprint density at radius 1 is 0.600 bits per heavy atom. The van der Waals surface area contributed by atoms with Crippen LogP contribution in [0.15, 0.2) is 0 Å². The van der Waals surface area contributed by atoms with Crippen LogP contribution < -0.4 is 37.2 Å². The predicted octanol–water partition coefficient (Wildman–Crippen LogP) is -9.37. The first-order valence-corrected chi connectivity index (χ1v) is 0. The normalized spacial score (nSPS) is 0. The van der Waals surface area contributed by atoms with Gasteiger partial charge in [0.05, 0.1) is 0 Å². The summed E-state index contributed by atoms with van der Waals surface area (Å²) in [5.41, 5.74) is 0. The van der Waals surface area contributed by atoms with Crippen molar-refractivity contribution >= 4 is 51.4 Å². The average Bonchev–Trinajstić information content (AvgIpc) is 0.